The summed E-state index contributed by atoms with van der Waals surface area (Å²) in [6, 6.07) is 4.53. The lowest BCUT2D eigenvalue weighted by Crippen LogP contribution is -2.50. The van der Waals surface area contributed by atoms with Crippen LogP contribution in [0.2, 0.25) is 0 Å². The smallest absolute Gasteiger partial charge is 0.160 e. The lowest BCUT2D eigenvalue weighted by molar-refractivity contribution is 0.0892. The average Bonchev–Trinajstić information content (AvgIpc) is 2.88. The van der Waals surface area contributed by atoms with Gasteiger partial charge in [-0.3, -0.25) is 4.90 Å². The summed E-state index contributed by atoms with van der Waals surface area (Å²) in [7, 11) is 2.19. The molecule has 0 saturated carbocycles. The zero-order chi connectivity index (χ0) is 16.2. The summed E-state index contributed by atoms with van der Waals surface area (Å²) >= 11 is 0. The number of hydrogen-bond acceptors (Lipinski definition) is 5. The van der Waals surface area contributed by atoms with Gasteiger partial charge in [0.15, 0.2) is 5.65 Å². The third-order valence-electron chi connectivity index (χ3n) is 4.56. The van der Waals surface area contributed by atoms with E-state index in [1.807, 2.05) is 25.3 Å². The van der Waals surface area contributed by atoms with Crippen molar-refractivity contribution in [2.24, 2.45) is 0 Å². The second-order valence-electron chi connectivity index (χ2n) is 6.30. The van der Waals surface area contributed by atoms with E-state index in [0.717, 1.165) is 56.3 Å². The first-order chi connectivity index (χ1) is 11.2. The van der Waals surface area contributed by atoms with Crippen molar-refractivity contribution in [1.82, 2.24) is 24.3 Å². The van der Waals surface area contributed by atoms with Crippen LogP contribution in [0.25, 0.3) is 11.2 Å². The number of fused-ring (bicyclic) bond motifs is 1. The number of aromatic nitrogens is 3. The highest BCUT2D eigenvalue weighted by Crippen LogP contribution is 2.18. The Labute approximate surface area is 138 Å². The van der Waals surface area contributed by atoms with E-state index in [1.54, 1.807) is 0 Å². The first-order valence-electron chi connectivity index (χ1n) is 8.49. The first kappa shape index (κ1) is 16.4. The van der Waals surface area contributed by atoms with Crippen LogP contribution >= 0.6 is 0 Å². The summed E-state index contributed by atoms with van der Waals surface area (Å²) < 4.78 is 7.76. The van der Waals surface area contributed by atoms with Crippen molar-refractivity contribution < 1.29 is 4.74 Å². The third kappa shape index (κ3) is 3.71. The van der Waals surface area contributed by atoms with Crippen molar-refractivity contribution in [2.75, 3.05) is 39.9 Å². The summed E-state index contributed by atoms with van der Waals surface area (Å²) in [6.07, 6.45) is 1.84. The molecule has 0 aromatic carbocycles. The Morgan fingerprint density at radius 3 is 3.00 bits per heavy atom. The summed E-state index contributed by atoms with van der Waals surface area (Å²) in [6.45, 7) is 10.7. The second kappa shape index (κ2) is 7.38. The molecule has 2 aromatic heterocycles. The van der Waals surface area contributed by atoms with Crippen molar-refractivity contribution in [2.45, 2.75) is 33.0 Å². The molecular formula is C17H27N5O. The predicted octanol–water partition coefficient (Wildman–Crippen LogP) is 1.60. The zero-order valence-corrected chi connectivity index (χ0v) is 14.4. The van der Waals surface area contributed by atoms with Crippen molar-refractivity contribution in [3.8, 4) is 0 Å². The molecule has 126 valence electrons. The van der Waals surface area contributed by atoms with Gasteiger partial charge in [-0.1, -0.05) is 0 Å². The highest BCUT2D eigenvalue weighted by Gasteiger charge is 2.23. The second-order valence-corrected chi connectivity index (χ2v) is 6.30. The van der Waals surface area contributed by atoms with E-state index in [1.165, 1.54) is 0 Å². The largest absolute Gasteiger partial charge is 0.380 e. The van der Waals surface area contributed by atoms with Crippen molar-refractivity contribution in [1.29, 1.82) is 0 Å². The topological polar surface area (TPSA) is 46.4 Å². The third-order valence-corrected chi connectivity index (χ3v) is 4.56. The molecule has 0 spiro atoms. The predicted molar refractivity (Wildman–Crippen MR) is 91.4 cm³/mol. The number of rotatable bonds is 6. The van der Waals surface area contributed by atoms with Gasteiger partial charge in [-0.15, -0.1) is 0 Å². The van der Waals surface area contributed by atoms with Gasteiger partial charge in [0.1, 0.15) is 11.3 Å². The van der Waals surface area contributed by atoms with Gasteiger partial charge in [-0.05, 0) is 33.0 Å². The Morgan fingerprint density at radius 1 is 1.35 bits per heavy atom. The van der Waals surface area contributed by atoms with Crippen LogP contribution in [-0.2, 0) is 17.8 Å². The van der Waals surface area contributed by atoms with Crippen LogP contribution in [0.15, 0.2) is 18.3 Å². The Balaban J connectivity index is 1.82. The Bertz CT molecular complexity index is 641. The fraction of sp³-hybridized carbons (Fsp3) is 0.647. The number of imidazole rings is 1. The highest BCUT2D eigenvalue weighted by atomic mass is 16.5. The van der Waals surface area contributed by atoms with E-state index in [9.17, 15) is 0 Å². The fourth-order valence-corrected chi connectivity index (χ4v) is 3.26. The van der Waals surface area contributed by atoms with E-state index < -0.39 is 0 Å². The maximum absolute atomic E-state index is 5.54. The standard InChI is InChI=1S/C17H27N5O/c1-4-23-11-10-22-16(19-15-6-5-7-18-17(15)22)13-21-9-8-20(3)12-14(21)2/h5-7,14H,4,8-13H2,1-3H3. The van der Waals surface area contributed by atoms with E-state index >= 15 is 0 Å². The van der Waals surface area contributed by atoms with Crippen molar-refractivity contribution in [3.05, 3.63) is 24.2 Å². The Kier molecular flexibility index (Phi) is 5.25. The van der Waals surface area contributed by atoms with E-state index in [2.05, 4.69) is 33.3 Å². The molecule has 2 aromatic rings. The quantitative estimate of drug-likeness (QED) is 0.758. The van der Waals surface area contributed by atoms with E-state index in [0.29, 0.717) is 12.6 Å². The number of likely N-dealkylation sites (N-methyl/N-ethyl adjacent to an activating group) is 1. The molecule has 0 N–H and O–H groups in total. The molecule has 1 aliphatic heterocycles. The van der Waals surface area contributed by atoms with Gasteiger partial charge in [0.25, 0.3) is 0 Å². The summed E-state index contributed by atoms with van der Waals surface area (Å²) in [5.74, 6) is 1.09. The molecule has 6 nitrogen and oxygen atoms in total. The molecule has 3 rings (SSSR count). The first-order valence-corrected chi connectivity index (χ1v) is 8.49. The van der Waals surface area contributed by atoms with Crippen LogP contribution in [0.4, 0.5) is 0 Å². The number of ether oxygens (including phenoxy) is 1. The van der Waals surface area contributed by atoms with E-state index in [-0.39, 0.29) is 0 Å². The molecule has 23 heavy (non-hydrogen) atoms. The molecule has 0 aliphatic carbocycles. The van der Waals surface area contributed by atoms with Crippen molar-refractivity contribution >= 4 is 11.2 Å². The molecule has 0 radical (unpaired) electrons. The number of hydrogen-bond donors (Lipinski definition) is 0. The van der Waals surface area contributed by atoms with Gasteiger partial charge in [0.05, 0.1) is 13.2 Å². The average molecular weight is 317 g/mol. The van der Waals surface area contributed by atoms with Crippen LogP contribution in [0, 0.1) is 0 Å². The highest BCUT2D eigenvalue weighted by molar-refractivity contribution is 5.71. The Hall–Kier alpha value is -1.50. The monoisotopic (exact) mass is 317 g/mol. The minimum Gasteiger partial charge on any atom is -0.380 e. The molecule has 1 atom stereocenters. The van der Waals surface area contributed by atoms with Crippen LogP contribution in [-0.4, -0.2) is 70.3 Å². The minimum atomic E-state index is 0.543. The summed E-state index contributed by atoms with van der Waals surface area (Å²) in [5.41, 5.74) is 1.93. The molecule has 6 heteroatoms. The lowest BCUT2D eigenvalue weighted by atomic mass is 10.2. The van der Waals surface area contributed by atoms with Crippen LogP contribution in [0.5, 0.6) is 0 Å². The van der Waals surface area contributed by atoms with Crippen LogP contribution in [0.1, 0.15) is 19.7 Å². The summed E-state index contributed by atoms with van der Waals surface area (Å²) in [5, 5.41) is 0. The van der Waals surface area contributed by atoms with Gasteiger partial charge in [-0.2, -0.15) is 0 Å². The lowest BCUT2D eigenvalue weighted by Gasteiger charge is -2.37. The normalized spacial score (nSPS) is 20.4. The van der Waals surface area contributed by atoms with Gasteiger partial charge in [0.2, 0.25) is 0 Å². The number of piperazine rings is 1. The van der Waals surface area contributed by atoms with Gasteiger partial charge in [0, 0.05) is 45.0 Å². The SMILES string of the molecule is CCOCCn1c(CN2CCN(C)CC2C)nc2cccnc21. The molecule has 1 saturated heterocycles. The molecule has 1 unspecified atom stereocenters. The molecular weight excluding hydrogens is 290 g/mol. The van der Waals surface area contributed by atoms with Gasteiger partial charge in [-0.25, -0.2) is 9.97 Å². The van der Waals surface area contributed by atoms with E-state index in [4.69, 9.17) is 9.72 Å². The minimum absolute atomic E-state index is 0.543. The molecule has 0 amide bonds. The maximum Gasteiger partial charge on any atom is 0.160 e. The van der Waals surface area contributed by atoms with Gasteiger partial charge < -0.3 is 14.2 Å². The zero-order valence-electron chi connectivity index (χ0n) is 14.4. The van der Waals surface area contributed by atoms with Gasteiger partial charge >= 0.3 is 0 Å². The van der Waals surface area contributed by atoms with Crippen LogP contribution < -0.4 is 0 Å². The summed E-state index contributed by atoms with van der Waals surface area (Å²) in [4.78, 5) is 14.3. The van der Waals surface area contributed by atoms with Crippen LogP contribution in [0.3, 0.4) is 0 Å². The molecule has 1 aliphatic rings. The fourth-order valence-electron chi connectivity index (χ4n) is 3.26. The Morgan fingerprint density at radius 2 is 2.22 bits per heavy atom. The molecule has 1 fully saturated rings. The number of pyridine rings is 1. The maximum atomic E-state index is 5.54. The number of nitrogens with zero attached hydrogens (tertiary/aromatic N) is 5. The van der Waals surface area contributed by atoms with Crippen molar-refractivity contribution in [3.63, 3.8) is 0 Å². The molecule has 0 bridgehead atoms. The molecule has 3 heterocycles.